The zero-order valence-electron chi connectivity index (χ0n) is 13.6. The molecule has 0 radical (unpaired) electrons. The minimum atomic E-state index is -0.484. The maximum Gasteiger partial charge on any atom is 0.0688 e. The zero-order chi connectivity index (χ0) is 14.8. The Kier molecular flexibility index (Phi) is 4.90. The highest BCUT2D eigenvalue weighted by Gasteiger charge is 2.32. The molecule has 0 heterocycles. The third kappa shape index (κ3) is 3.85. The molecule has 1 saturated carbocycles. The summed E-state index contributed by atoms with van der Waals surface area (Å²) < 4.78 is 0. The van der Waals surface area contributed by atoms with Crippen molar-refractivity contribution in [3.63, 3.8) is 0 Å². The Morgan fingerprint density at radius 2 is 1.95 bits per heavy atom. The maximum absolute atomic E-state index is 11.0. The fourth-order valence-electron chi connectivity index (χ4n) is 3.61. The van der Waals surface area contributed by atoms with Gasteiger partial charge < -0.3 is 5.11 Å². The summed E-state index contributed by atoms with van der Waals surface area (Å²) in [7, 11) is 0. The number of hydrogen-bond donors (Lipinski definition) is 1. The molecule has 1 aliphatic rings. The average molecular weight is 274 g/mol. The lowest BCUT2D eigenvalue weighted by Crippen LogP contribution is -2.31. The molecule has 0 spiro atoms. The maximum atomic E-state index is 11.0. The second kappa shape index (κ2) is 6.30. The minimum Gasteiger partial charge on any atom is -0.390 e. The van der Waals surface area contributed by atoms with Gasteiger partial charge in [0, 0.05) is 6.42 Å². The molecule has 1 nitrogen and oxygen atoms in total. The van der Waals surface area contributed by atoms with E-state index in [4.69, 9.17) is 0 Å². The number of hydrogen-bond acceptors (Lipinski definition) is 1. The van der Waals surface area contributed by atoms with Crippen LogP contribution < -0.4 is 0 Å². The van der Waals surface area contributed by atoms with Gasteiger partial charge in [-0.25, -0.2) is 0 Å². The van der Waals surface area contributed by atoms with Crippen LogP contribution in [0.5, 0.6) is 0 Å². The number of rotatable bonds is 3. The van der Waals surface area contributed by atoms with E-state index in [0.29, 0.717) is 0 Å². The van der Waals surface area contributed by atoms with Crippen LogP contribution in [0.25, 0.3) is 0 Å². The number of aryl methyl sites for hydroxylation is 2. The molecule has 1 aromatic carbocycles. The lowest BCUT2D eigenvalue weighted by molar-refractivity contribution is 0.0235. The Labute approximate surface area is 124 Å². The molecule has 2 rings (SSSR count). The molecule has 20 heavy (non-hydrogen) atoms. The predicted octanol–water partition coefficient (Wildman–Crippen LogP) is 4.81. The van der Waals surface area contributed by atoms with Crippen LogP contribution in [0, 0.1) is 25.7 Å². The molecule has 1 aromatic rings. The lowest BCUT2D eigenvalue weighted by atomic mass is 9.84. The van der Waals surface area contributed by atoms with Crippen molar-refractivity contribution >= 4 is 0 Å². The first kappa shape index (κ1) is 15.6. The van der Waals surface area contributed by atoms with E-state index in [1.807, 2.05) is 0 Å². The highest BCUT2D eigenvalue weighted by atomic mass is 16.3. The molecule has 0 amide bonds. The van der Waals surface area contributed by atoms with Gasteiger partial charge in [0.15, 0.2) is 0 Å². The Hall–Kier alpha value is -0.820. The average Bonchev–Trinajstić information content (AvgIpc) is 2.56. The van der Waals surface area contributed by atoms with E-state index in [9.17, 15) is 5.11 Å². The first-order valence-electron chi connectivity index (χ1n) is 8.18. The topological polar surface area (TPSA) is 20.2 Å². The minimum absolute atomic E-state index is 0.484. The first-order valence-corrected chi connectivity index (χ1v) is 8.18. The smallest absolute Gasteiger partial charge is 0.0688 e. The van der Waals surface area contributed by atoms with Crippen molar-refractivity contribution in [1.29, 1.82) is 0 Å². The summed E-state index contributed by atoms with van der Waals surface area (Å²) in [6.45, 7) is 8.93. The highest BCUT2D eigenvalue weighted by molar-refractivity contribution is 5.31. The summed E-state index contributed by atoms with van der Waals surface area (Å²) in [4.78, 5) is 0. The molecule has 0 saturated heterocycles. The summed E-state index contributed by atoms with van der Waals surface area (Å²) in [6, 6.07) is 6.59. The van der Waals surface area contributed by atoms with Crippen molar-refractivity contribution in [3.05, 3.63) is 34.9 Å². The van der Waals surface area contributed by atoms with Crippen molar-refractivity contribution < 1.29 is 5.11 Å². The standard InChI is InChI=1S/C19H30O/c1-14(2)17-6-5-10-19(20,11-9-17)13-18-12-15(3)7-8-16(18)4/h7-8,12,14,17,20H,5-6,9-11,13H2,1-4H3. The van der Waals surface area contributed by atoms with Crippen molar-refractivity contribution in [2.45, 2.75) is 71.8 Å². The second-order valence-corrected chi connectivity index (χ2v) is 7.27. The Bertz CT molecular complexity index is 449. The number of aliphatic hydroxyl groups is 1. The van der Waals surface area contributed by atoms with E-state index in [-0.39, 0.29) is 0 Å². The van der Waals surface area contributed by atoms with Gasteiger partial charge in [-0.15, -0.1) is 0 Å². The van der Waals surface area contributed by atoms with Gasteiger partial charge in [-0.1, -0.05) is 50.5 Å². The van der Waals surface area contributed by atoms with Crippen LogP contribution in [0.15, 0.2) is 18.2 Å². The zero-order valence-corrected chi connectivity index (χ0v) is 13.6. The molecule has 1 fully saturated rings. The van der Waals surface area contributed by atoms with E-state index >= 15 is 0 Å². The summed E-state index contributed by atoms with van der Waals surface area (Å²) in [5, 5.41) is 11.0. The third-order valence-electron chi connectivity index (χ3n) is 5.16. The van der Waals surface area contributed by atoms with Crippen LogP contribution in [0.3, 0.4) is 0 Å². The van der Waals surface area contributed by atoms with Crippen LogP contribution in [0.4, 0.5) is 0 Å². The van der Waals surface area contributed by atoms with E-state index in [0.717, 1.165) is 31.1 Å². The van der Waals surface area contributed by atoms with Gasteiger partial charge in [-0.2, -0.15) is 0 Å². The van der Waals surface area contributed by atoms with Crippen LogP contribution >= 0.6 is 0 Å². The van der Waals surface area contributed by atoms with Crippen LogP contribution in [-0.2, 0) is 6.42 Å². The quantitative estimate of drug-likeness (QED) is 0.784. The summed E-state index contributed by atoms with van der Waals surface area (Å²) in [6.07, 6.45) is 6.38. The predicted molar refractivity (Wildman–Crippen MR) is 86.0 cm³/mol. The summed E-state index contributed by atoms with van der Waals surface area (Å²) >= 11 is 0. The third-order valence-corrected chi connectivity index (χ3v) is 5.16. The summed E-state index contributed by atoms with van der Waals surface area (Å²) in [5.74, 6) is 1.54. The molecular formula is C19H30O. The van der Waals surface area contributed by atoms with Crippen LogP contribution in [0.2, 0.25) is 0 Å². The fourth-order valence-corrected chi connectivity index (χ4v) is 3.61. The van der Waals surface area contributed by atoms with Crippen LogP contribution in [0.1, 0.15) is 62.6 Å². The van der Waals surface area contributed by atoms with E-state index in [1.54, 1.807) is 0 Å². The van der Waals surface area contributed by atoms with Gasteiger partial charge in [0.05, 0.1) is 5.60 Å². The van der Waals surface area contributed by atoms with Gasteiger partial charge in [0.25, 0.3) is 0 Å². The van der Waals surface area contributed by atoms with E-state index in [2.05, 4.69) is 45.9 Å². The second-order valence-electron chi connectivity index (χ2n) is 7.27. The van der Waals surface area contributed by atoms with Crippen molar-refractivity contribution in [1.82, 2.24) is 0 Å². The normalized spacial score (nSPS) is 27.6. The van der Waals surface area contributed by atoms with Gasteiger partial charge in [0.1, 0.15) is 0 Å². The Balaban J connectivity index is 2.09. The van der Waals surface area contributed by atoms with Crippen molar-refractivity contribution in [3.8, 4) is 0 Å². The molecule has 0 aromatic heterocycles. The molecule has 112 valence electrons. The molecule has 2 unspecified atom stereocenters. The fraction of sp³-hybridized carbons (Fsp3) is 0.684. The van der Waals surface area contributed by atoms with Gasteiger partial charge in [-0.3, -0.25) is 0 Å². The van der Waals surface area contributed by atoms with E-state index in [1.165, 1.54) is 36.0 Å². The lowest BCUT2D eigenvalue weighted by Gasteiger charge is -2.28. The SMILES string of the molecule is Cc1ccc(C)c(CC2(O)CCCC(C(C)C)CC2)c1. The van der Waals surface area contributed by atoms with Gasteiger partial charge >= 0.3 is 0 Å². The molecular weight excluding hydrogens is 244 g/mol. The van der Waals surface area contributed by atoms with E-state index < -0.39 is 5.60 Å². The number of benzene rings is 1. The summed E-state index contributed by atoms with van der Waals surface area (Å²) in [5.41, 5.74) is 3.45. The molecule has 1 aliphatic carbocycles. The molecule has 1 N–H and O–H groups in total. The van der Waals surface area contributed by atoms with Gasteiger partial charge in [0.2, 0.25) is 0 Å². The van der Waals surface area contributed by atoms with Crippen molar-refractivity contribution in [2.75, 3.05) is 0 Å². The Morgan fingerprint density at radius 3 is 2.65 bits per heavy atom. The molecule has 1 heteroatoms. The molecule has 2 atom stereocenters. The Morgan fingerprint density at radius 1 is 1.20 bits per heavy atom. The van der Waals surface area contributed by atoms with Crippen LogP contribution in [-0.4, -0.2) is 10.7 Å². The monoisotopic (exact) mass is 274 g/mol. The largest absolute Gasteiger partial charge is 0.390 e. The van der Waals surface area contributed by atoms with Crippen molar-refractivity contribution in [2.24, 2.45) is 11.8 Å². The first-order chi connectivity index (χ1) is 9.39. The molecule has 0 bridgehead atoms. The highest BCUT2D eigenvalue weighted by Crippen LogP contribution is 2.36. The van der Waals surface area contributed by atoms with Gasteiger partial charge in [-0.05, 0) is 56.1 Å². The molecule has 0 aliphatic heterocycles.